The quantitative estimate of drug-likeness (QED) is 0.253. The van der Waals surface area contributed by atoms with Crippen LogP contribution >= 0.6 is 0 Å². The highest BCUT2D eigenvalue weighted by Gasteiger charge is 2.50. The number of anilines is 3. The van der Waals surface area contributed by atoms with E-state index in [4.69, 9.17) is 4.98 Å². The molecule has 5 heterocycles. The van der Waals surface area contributed by atoms with Crippen molar-refractivity contribution in [1.82, 2.24) is 24.4 Å². The zero-order chi connectivity index (χ0) is 30.0. The van der Waals surface area contributed by atoms with Crippen molar-refractivity contribution in [2.75, 3.05) is 23.3 Å². The van der Waals surface area contributed by atoms with E-state index < -0.39 is 17.2 Å². The minimum absolute atomic E-state index is 0.0596. The number of rotatable bonds is 6. The number of piperidine rings is 1. The van der Waals surface area contributed by atoms with Gasteiger partial charge in [-0.3, -0.25) is 4.79 Å². The number of pyridine rings is 2. The number of aromatic nitrogens is 4. The number of amides is 1. The first kappa shape index (κ1) is 27.9. The van der Waals surface area contributed by atoms with Gasteiger partial charge in [0.25, 0.3) is 5.95 Å². The zero-order valence-corrected chi connectivity index (χ0v) is 25.1. The lowest BCUT2D eigenvalue weighted by Gasteiger charge is -2.48. The predicted octanol–water partition coefficient (Wildman–Crippen LogP) is 6.74. The molecule has 1 amide bonds. The van der Waals surface area contributed by atoms with Gasteiger partial charge in [0, 0.05) is 35.6 Å². The van der Waals surface area contributed by atoms with E-state index in [0.29, 0.717) is 28.6 Å². The van der Waals surface area contributed by atoms with Crippen molar-refractivity contribution in [2.24, 2.45) is 0 Å². The van der Waals surface area contributed by atoms with E-state index >= 15 is 0 Å². The Morgan fingerprint density at radius 2 is 1.77 bits per heavy atom. The van der Waals surface area contributed by atoms with Crippen LogP contribution in [0, 0.1) is 11.8 Å². The van der Waals surface area contributed by atoms with E-state index in [0.717, 1.165) is 42.7 Å². The fourth-order valence-electron chi connectivity index (χ4n) is 6.99. The number of nitrogens with one attached hydrogen (secondary N) is 1. The average Bonchev–Trinajstić information content (AvgIpc) is 3.49. The SMILES string of the molecule is CC(C)n1cnc2cc(-c3ccc4c(c3)N(C3CC(N5CCCCC5)C3)C(=O)C4(C)C)nc(Nc3ccnc(F)c3F)c21. The summed E-state index contributed by atoms with van der Waals surface area (Å²) < 4.78 is 30.6. The van der Waals surface area contributed by atoms with Crippen LogP contribution in [-0.2, 0) is 10.2 Å². The van der Waals surface area contributed by atoms with Gasteiger partial charge in [0.2, 0.25) is 11.7 Å². The molecule has 2 fully saturated rings. The summed E-state index contributed by atoms with van der Waals surface area (Å²) in [6, 6.07) is 10.1. The third-order valence-corrected chi connectivity index (χ3v) is 9.55. The van der Waals surface area contributed by atoms with E-state index in [1.165, 1.54) is 31.5 Å². The molecule has 0 bridgehead atoms. The third kappa shape index (κ3) is 4.58. The number of hydrogen-bond donors (Lipinski definition) is 1. The minimum atomic E-state index is -1.18. The van der Waals surface area contributed by atoms with Crippen molar-refractivity contribution in [2.45, 2.75) is 83.3 Å². The van der Waals surface area contributed by atoms with Gasteiger partial charge in [-0.2, -0.15) is 8.78 Å². The van der Waals surface area contributed by atoms with Crippen molar-refractivity contribution in [3.63, 3.8) is 0 Å². The number of likely N-dealkylation sites (tertiary alicyclic amines) is 1. The van der Waals surface area contributed by atoms with E-state index in [-0.39, 0.29) is 23.7 Å². The highest BCUT2D eigenvalue weighted by atomic mass is 19.2. The molecule has 7 rings (SSSR count). The fourth-order valence-corrected chi connectivity index (χ4v) is 6.99. The summed E-state index contributed by atoms with van der Waals surface area (Å²) in [5.41, 5.74) is 4.08. The molecular weight excluding hydrogens is 548 g/mol. The largest absolute Gasteiger partial charge is 0.336 e. The lowest BCUT2D eigenvalue weighted by Crippen LogP contribution is -2.57. The average molecular weight is 586 g/mol. The van der Waals surface area contributed by atoms with Gasteiger partial charge in [0.15, 0.2) is 5.82 Å². The van der Waals surface area contributed by atoms with Crippen LogP contribution in [0.25, 0.3) is 22.3 Å². The predicted molar refractivity (Wildman–Crippen MR) is 164 cm³/mol. The van der Waals surface area contributed by atoms with Crippen LogP contribution in [-0.4, -0.2) is 55.5 Å². The standard InChI is InChI=1S/C33H37F2N7O/c1-19(2)41-18-37-26-17-25(39-31(29(26)41)38-24-10-11-36-30(35)28(24)34)20-8-9-23-27(14-20)42(32(43)33(23,3)4)22-15-21(16-22)40-12-6-5-7-13-40/h8-11,14,17-19,21-22H,5-7,12-13,15-16H2,1-4H3,(H,36,38,39). The summed E-state index contributed by atoms with van der Waals surface area (Å²) in [5, 5.41) is 3.01. The number of hydrogen-bond acceptors (Lipinski definition) is 6. The molecule has 3 aliphatic rings. The Bertz CT molecular complexity index is 1720. The molecule has 1 saturated carbocycles. The molecule has 1 saturated heterocycles. The molecule has 0 spiro atoms. The summed E-state index contributed by atoms with van der Waals surface area (Å²) in [6.07, 6.45) is 8.76. The van der Waals surface area contributed by atoms with Gasteiger partial charge in [-0.05, 0) is 90.2 Å². The molecule has 4 aromatic rings. The van der Waals surface area contributed by atoms with Crippen LogP contribution in [0.4, 0.5) is 26.0 Å². The van der Waals surface area contributed by atoms with Crippen molar-refractivity contribution in [3.05, 3.63) is 60.2 Å². The van der Waals surface area contributed by atoms with E-state index in [2.05, 4.69) is 26.3 Å². The second-order valence-corrected chi connectivity index (χ2v) is 13.0. The first-order valence-electron chi connectivity index (χ1n) is 15.3. The van der Waals surface area contributed by atoms with Gasteiger partial charge in [0.1, 0.15) is 5.52 Å². The zero-order valence-electron chi connectivity index (χ0n) is 25.1. The Hall–Kier alpha value is -3.92. The number of imidazole rings is 1. The van der Waals surface area contributed by atoms with Crippen molar-refractivity contribution in [1.29, 1.82) is 0 Å². The first-order chi connectivity index (χ1) is 20.6. The molecule has 0 atom stereocenters. The van der Waals surface area contributed by atoms with E-state index in [1.807, 2.05) is 55.4 Å². The third-order valence-electron chi connectivity index (χ3n) is 9.55. The van der Waals surface area contributed by atoms with Crippen LogP contribution in [0.5, 0.6) is 0 Å². The van der Waals surface area contributed by atoms with Crippen LogP contribution in [0.2, 0.25) is 0 Å². The van der Waals surface area contributed by atoms with Gasteiger partial charge < -0.3 is 19.7 Å². The molecule has 2 aliphatic heterocycles. The molecule has 0 radical (unpaired) electrons. The maximum Gasteiger partial charge on any atom is 0.251 e. The maximum atomic E-state index is 14.7. The first-order valence-corrected chi connectivity index (χ1v) is 15.3. The summed E-state index contributed by atoms with van der Waals surface area (Å²) in [7, 11) is 0. The summed E-state index contributed by atoms with van der Waals surface area (Å²) >= 11 is 0. The number of benzene rings is 1. The van der Waals surface area contributed by atoms with Crippen molar-refractivity contribution >= 4 is 34.1 Å². The van der Waals surface area contributed by atoms with Crippen molar-refractivity contribution < 1.29 is 13.6 Å². The maximum absolute atomic E-state index is 14.7. The van der Waals surface area contributed by atoms with Gasteiger partial charge in [-0.25, -0.2) is 15.0 Å². The van der Waals surface area contributed by atoms with Gasteiger partial charge >= 0.3 is 0 Å². The highest BCUT2D eigenvalue weighted by Crippen LogP contribution is 2.48. The monoisotopic (exact) mass is 585 g/mol. The Balaban J connectivity index is 1.27. The lowest BCUT2D eigenvalue weighted by molar-refractivity contribution is -0.123. The molecule has 43 heavy (non-hydrogen) atoms. The molecule has 224 valence electrons. The Morgan fingerprint density at radius 1 is 1.00 bits per heavy atom. The van der Waals surface area contributed by atoms with E-state index in [9.17, 15) is 13.6 Å². The number of carbonyl (C=O) groups is 1. The molecule has 10 heteroatoms. The van der Waals surface area contributed by atoms with Crippen LogP contribution in [0.15, 0.2) is 42.9 Å². The van der Waals surface area contributed by atoms with Gasteiger partial charge in [0.05, 0.1) is 28.6 Å². The lowest BCUT2D eigenvalue weighted by atomic mass is 9.82. The Labute approximate surface area is 250 Å². The minimum Gasteiger partial charge on any atom is -0.336 e. The smallest absolute Gasteiger partial charge is 0.251 e. The van der Waals surface area contributed by atoms with Gasteiger partial charge in [-0.1, -0.05) is 18.6 Å². The van der Waals surface area contributed by atoms with Crippen LogP contribution < -0.4 is 10.2 Å². The van der Waals surface area contributed by atoms with E-state index in [1.54, 1.807) is 6.33 Å². The number of nitrogens with zero attached hydrogens (tertiary/aromatic N) is 6. The number of fused-ring (bicyclic) bond motifs is 2. The van der Waals surface area contributed by atoms with Crippen LogP contribution in [0.3, 0.4) is 0 Å². The molecule has 1 N–H and O–H groups in total. The Kier molecular flexibility index (Phi) is 6.72. The normalized spacial score (nSPS) is 21.8. The molecule has 8 nitrogen and oxygen atoms in total. The fraction of sp³-hybridized carbons (Fsp3) is 0.455. The number of carbonyl (C=O) groups excluding carboxylic acids is 1. The molecule has 1 aromatic carbocycles. The molecule has 3 aromatic heterocycles. The highest BCUT2D eigenvalue weighted by molar-refractivity contribution is 6.08. The molecular formula is C33H37F2N7O. The summed E-state index contributed by atoms with van der Waals surface area (Å²) in [6.45, 7) is 10.4. The van der Waals surface area contributed by atoms with Gasteiger partial charge in [-0.15, -0.1) is 0 Å². The van der Waals surface area contributed by atoms with Crippen molar-refractivity contribution in [3.8, 4) is 11.3 Å². The summed E-state index contributed by atoms with van der Waals surface area (Å²) in [5.74, 6) is -1.76. The number of halogens is 2. The van der Waals surface area contributed by atoms with Crippen LogP contribution in [0.1, 0.15) is 71.4 Å². The molecule has 0 unspecified atom stereocenters. The summed E-state index contributed by atoms with van der Waals surface area (Å²) in [4.78, 5) is 31.4. The molecule has 1 aliphatic carbocycles. The second kappa shape index (κ2) is 10.4. The Morgan fingerprint density at radius 3 is 2.51 bits per heavy atom. The second-order valence-electron chi connectivity index (χ2n) is 13.0. The topological polar surface area (TPSA) is 79.2 Å².